The van der Waals surface area contributed by atoms with Crippen LogP contribution < -0.4 is 0 Å². The molecule has 1 aromatic rings. The largest absolute Gasteiger partial charge is 0.295 e. The number of benzene rings is 1. The highest BCUT2D eigenvalue weighted by Crippen LogP contribution is 2.25. The molecule has 0 spiro atoms. The van der Waals surface area contributed by atoms with E-state index in [0.717, 1.165) is 17.9 Å². The predicted octanol–water partition coefficient (Wildman–Crippen LogP) is 3.57. The molecule has 0 bridgehead atoms. The Morgan fingerprint density at radius 2 is 2.38 bits per heavy atom. The molecule has 1 heterocycles. The van der Waals surface area contributed by atoms with Crippen molar-refractivity contribution in [3.8, 4) is 0 Å². The molecule has 1 aliphatic heterocycles. The topological polar surface area (TPSA) is 17.1 Å². The third-order valence-corrected chi connectivity index (χ3v) is 4.40. The molecular weight excluding hydrogens is 216 g/mol. The van der Waals surface area contributed by atoms with Crippen molar-refractivity contribution in [2.24, 2.45) is 5.92 Å². The number of rotatable bonds is 3. The van der Waals surface area contributed by atoms with Gasteiger partial charge in [-0.15, -0.1) is 0 Å². The first-order chi connectivity index (χ1) is 7.75. The summed E-state index contributed by atoms with van der Waals surface area (Å²) in [6.45, 7) is 1.63. The van der Waals surface area contributed by atoms with E-state index in [2.05, 4.69) is 23.9 Å². The molecule has 0 aromatic heterocycles. The molecule has 86 valence electrons. The summed E-state index contributed by atoms with van der Waals surface area (Å²) >= 11 is 2.07. The lowest BCUT2D eigenvalue weighted by Gasteiger charge is -2.21. The number of carbonyl (C=O) groups is 1. The molecule has 1 nitrogen and oxygen atoms in total. The van der Waals surface area contributed by atoms with Gasteiger partial charge in [0.1, 0.15) is 0 Å². The van der Waals surface area contributed by atoms with Gasteiger partial charge in [-0.05, 0) is 55.2 Å². The van der Waals surface area contributed by atoms with E-state index in [9.17, 15) is 4.79 Å². The second-order valence-electron chi connectivity index (χ2n) is 4.54. The highest BCUT2D eigenvalue weighted by molar-refractivity contribution is 7.99. The van der Waals surface area contributed by atoms with Gasteiger partial charge in [0.05, 0.1) is 0 Å². The lowest BCUT2D eigenvalue weighted by atomic mass is 9.95. The maximum absolute atomic E-state index is 11.3. The van der Waals surface area contributed by atoms with Crippen LogP contribution in [0.25, 0.3) is 0 Å². The zero-order valence-corrected chi connectivity index (χ0v) is 10.6. The van der Waals surface area contributed by atoms with E-state index in [1.807, 2.05) is 12.1 Å². The van der Waals surface area contributed by atoms with E-state index < -0.39 is 0 Å². The number of ketones is 1. The van der Waals surface area contributed by atoms with Crippen LogP contribution in [0.3, 0.4) is 0 Å². The maximum Gasteiger partial charge on any atom is 0.159 e. The van der Waals surface area contributed by atoms with E-state index >= 15 is 0 Å². The number of carbonyl (C=O) groups excluding carboxylic acids is 1. The zero-order chi connectivity index (χ0) is 11.4. The molecular formula is C14H18OS. The number of Topliss-reactive ketones (excluding diaryl/α,β-unsaturated/α-hetero) is 1. The Morgan fingerprint density at radius 1 is 1.50 bits per heavy atom. The summed E-state index contributed by atoms with van der Waals surface area (Å²) in [6, 6.07) is 8.11. The molecule has 16 heavy (non-hydrogen) atoms. The third kappa shape index (κ3) is 3.11. The van der Waals surface area contributed by atoms with Crippen LogP contribution in [0.2, 0.25) is 0 Å². The smallest absolute Gasteiger partial charge is 0.159 e. The van der Waals surface area contributed by atoms with Gasteiger partial charge in [-0.25, -0.2) is 0 Å². The van der Waals surface area contributed by atoms with E-state index in [-0.39, 0.29) is 5.78 Å². The minimum atomic E-state index is 0.167. The number of hydrogen-bond donors (Lipinski definition) is 0. The van der Waals surface area contributed by atoms with Gasteiger partial charge in [0.2, 0.25) is 0 Å². The summed E-state index contributed by atoms with van der Waals surface area (Å²) in [5.41, 5.74) is 2.17. The summed E-state index contributed by atoms with van der Waals surface area (Å²) in [6.07, 6.45) is 3.83. The Morgan fingerprint density at radius 3 is 3.06 bits per heavy atom. The molecule has 0 saturated carbocycles. The average molecular weight is 234 g/mol. The monoisotopic (exact) mass is 234 g/mol. The summed E-state index contributed by atoms with van der Waals surface area (Å²) in [5, 5.41) is 0. The van der Waals surface area contributed by atoms with Gasteiger partial charge < -0.3 is 0 Å². The van der Waals surface area contributed by atoms with Crippen LogP contribution >= 0.6 is 11.8 Å². The zero-order valence-electron chi connectivity index (χ0n) is 9.74. The van der Waals surface area contributed by atoms with Crippen LogP contribution in [0.1, 0.15) is 35.7 Å². The van der Waals surface area contributed by atoms with Crippen LogP contribution in [0.5, 0.6) is 0 Å². The third-order valence-electron chi connectivity index (χ3n) is 3.11. The first kappa shape index (κ1) is 11.7. The van der Waals surface area contributed by atoms with E-state index in [0.29, 0.717) is 0 Å². The van der Waals surface area contributed by atoms with Gasteiger partial charge in [0.15, 0.2) is 5.78 Å². The minimum absolute atomic E-state index is 0.167. The SMILES string of the molecule is CC(=O)c1cccc(CC2CCCSC2)c1. The van der Waals surface area contributed by atoms with E-state index in [1.54, 1.807) is 6.92 Å². The summed E-state index contributed by atoms with van der Waals surface area (Å²) in [5.74, 6) is 3.58. The molecule has 1 unspecified atom stereocenters. The second kappa shape index (κ2) is 5.53. The molecule has 1 aromatic carbocycles. The predicted molar refractivity (Wildman–Crippen MR) is 70.2 cm³/mol. The molecule has 1 aliphatic rings. The molecule has 1 saturated heterocycles. The van der Waals surface area contributed by atoms with Gasteiger partial charge in [-0.1, -0.05) is 18.2 Å². The molecule has 2 heteroatoms. The Hall–Kier alpha value is -0.760. The molecule has 0 aliphatic carbocycles. The van der Waals surface area contributed by atoms with Crippen LogP contribution in [-0.2, 0) is 6.42 Å². The van der Waals surface area contributed by atoms with Gasteiger partial charge >= 0.3 is 0 Å². The first-order valence-electron chi connectivity index (χ1n) is 5.93. The van der Waals surface area contributed by atoms with Crippen molar-refractivity contribution in [3.63, 3.8) is 0 Å². The Labute approximate surface area is 102 Å². The minimum Gasteiger partial charge on any atom is -0.295 e. The van der Waals surface area contributed by atoms with E-state index in [4.69, 9.17) is 0 Å². The highest BCUT2D eigenvalue weighted by Gasteiger charge is 2.14. The summed E-state index contributed by atoms with van der Waals surface area (Å²) < 4.78 is 0. The van der Waals surface area contributed by atoms with Crippen molar-refractivity contribution in [3.05, 3.63) is 35.4 Å². The Bertz CT molecular complexity index is 367. The molecule has 2 rings (SSSR count). The second-order valence-corrected chi connectivity index (χ2v) is 5.69. The molecule has 1 fully saturated rings. The first-order valence-corrected chi connectivity index (χ1v) is 7.09. The van der Waals surface area contributed by atoms with Gasteiger partial charge in [-0.3, -0.25) is 4.79 Å². The average Bonchev–Trinajstić information content (AvgIpc) is 2.30. The van der Waals surface area contributed by atoms with Crippen molar-refractivity contribution < 1.29 is 4.79 Å². The van der Waals surface area contributed by atoms with E-state index in [1.165, 1.54) is 29.9 Å². The van der Waals surface area contributed by atoms with Gasteiger partial charge in [0, 0.05) is 5.56 Å². The van der Waals surface area contributed by atoms with Gasteiger partial charge in [-0.2, -0.15) is 11.8 Å². The summed E-state index contributed by atoms with van der Waals surface area (Å²) in [7, 11) is 0. The quantitative estimate of drug-likeness (QED) is 0.744. The number of thioether (sulfide) groups is 1. The van der Waals surface area contributed by atoms with Crippen LogP contribution in [-0.4, -0.2) is 17.3 Å². The fourth-order valence-corrected chi connectivity index (χ4v) is 3.37. The number of hydrogen-bond acceptors (Lipinski definition) is 2. The molecule has 0 amide bonds. The normalized spacial score (nSPS) is 20.7. The maximum atomic E-state index is 11.3. The van der Waals surface area contributed by atoms with Crippen LogP contribution in [0, 0.1) is 5.92 Å². The van der Waals surface area contributed by atoms with Crippen molar-refractivity contribution in [2.45, 2.75) is 26.2 Å². The van der Waals surface area contributed by atoms with Crippen molar-refractivity contribution >= 4 is 17.5 Å². The lowest BCUT2D eigenvalue weighted by molar-refractivity contribution is 0.101. The molecule has 0 N–H and O–H groups in total. The van der Waals surface area contributed by atoms with Crippen LogP contribution in [0.15, 0.2) is 24.3 Å². The fraction of sp³-hybridized carbons (Fsp3) is 0.500. The summed E-state index contributed by atoms with van der Waals surface area (Å²) in [4.78, 5) is 11.3. The van der Waals surface area contributed by atoms with Crippen molar-refractivity contribution in [1.29, 1.82) is 0 Å². The Kier molecular flexibility index (Phi) is 4.05. The highest BCUT2D eigenvalue weighted by atomic mass is 32.2. The lowest BCUT2D eigenvalue weighted by Crippen LogP contribution is -2.13. The van der Waals surface area contributed by atoms with Crippen molar-refractivity contribution in [2.75, 3.05) is 11.5 Å². The standard InChI is InChI=1S/C14H18OS/c1-11(15)14-6-2-4-12(9-14)8-13-5-3-7-16-10-13/h2,4,6,9,13H,3,5,7-8,10H2,1H3. The van der Waals surface area contributed by atoms with Gasteiger partial charge in [0.25, 0.3) is 0 Å². The van der Waals surface area contributed by atoms with Crippen molar-refractivity contribution in [1.82, 2.24) is 0 Å². The molecule has 1 atom stereocenters. The molecule has 0 radical (unpaired) electrons. The fourth-order valence-electron chi connectivity index (χ4n) is 2.22. The van der Waals surface area contributed by atoms with Crippen LogP contribution in [0.4, 0.5) is 0 Å². The Balaban J connectivity index is 2.02.